The highest BCUT2D eigenvalue weighted by Gasteiger charge is 2.34. The first-order chi connectivity index (χ1) is 21.2. The lowest BCUT2D eigenvalue weighted by Crippen LogP contribution is -2.51. The number of esters is 1. The first-order valence-electron chi connectivity index (χ1n) is 14.6. The standard InChI is InChI=1S/C33H34Cl2N4O5/c1-38(18-21-8-4-2-5-9-21)33(43)36-17-27(32(42)44-20-23-10-6-3-7-11-23)37-30(40)28-26(34)16-25-24(29(28)35)14-15-39(31(25)41)19-22-12-13-22/h2-11,16,22,27H,12-15,17-20H2,1H3,(H,36,43)(H,37,40)/t27-/m0/s1. The van der Waals surface area contributed by atoms with Gasteiger partial charge in [0, 0.05) is 32.2 Å². The minimum atomic E-state index is -1.25. The molecule has 0 spiro atoms. The number of urea groups is 1. The number of rotatable bonds is 11. The van der Waals surface area contributed by atoms with Crippen LogP contribution in [0.3, 0.4) is 0 Å². The van der Waals surface area contributed by atoms with E-state index in [1.54, 1.807) is 19.2 Å². The summed E-state index contributed by atoms with van der Waals surface area (Å²) in [6, 6.07) is 18.3. The Morgan fingerprint density at radius 2 is 1.68 bits per heavy atom. The normalized spacial score (nSPS) is 14.8. The Balaban J connectivity index is 1.30. The van der Waals surface area contributed by atoms with Gasteiger partial charge in [-0.05, 0) is 47.9 Å². The predicted molar refractivity (Wildman–Crippen MR) is 168 cm³/mol. The molecule has 11 heteroatoms. The predicted octanol–water partition coefficient (Wildman–Crippen LogP) is 5.09. The lowest BCUT2D eigenvalue weighted by molar-refractivity contribution is -0.147. The Labute approximate surface area is 266 Å². The van der Waals surface area contributed by atoms with E-state index in [1.165, 1.54) is 11.0 Å². The molecule has 1 saturated carbocycles. The molecule has 3 aromatic carbocycles. The Hall–Kier alpha value is -4.08. The highest BCUT2D eigenvalue weighted by Crippen LogP contribution is 2.36. The summed E-state index contributed by atoms with van der Waals surface area (Å²) in [5.41, 5.74) is 2.60. The second kappa shape index (κ2) is 14.1. The van der Waals surface area contributed by atoms with Crippen LogP contribution in [0.4, 0.5) is 4.79 Å². The highest BCUT2D eigenvalue weighted by atomic mass is 35.5. The molecule has 44 heavy (non-hydrogen) atoms. The Morgan fingerprint density at radius 3 is 2.34 bits per heavy atom. The summed E-state index contributed by atoms with van der Waals surface area (Å²) >= 11 is 13.2. The molecule has 0 radical (unpaired) electrons. The number of fused-ring (bicyclic) bond motifs is 1. The van der Waals surface area contributed by atoms with Gasteiger partial charge in [-0.3, -0.25) is 9.59 Å². The van der Waals surface area contributed by atoms with Gasteiger partial charge in [-0.15, -0.1) is 0 Å². The van der Waals surface area contributed by atoms with E-state index in [9.17, 15) is 19.2 Å². The van der Waals surface area contributed by atoms with Crippen LogP contribution in [-0.4, -0.2) is 66.3 Å². The Kier molecular flexibility index (Phi) is 10.1. The fourth-order valence-corrected chi connectivity index (χ4v) is 5.84. The zero-order valence-corrected chi connectivity index (χ0v) is 25.9. The number of carbonyl (C=O) groups is 4. The van der Waals surface area contributed by atoms with Gasteiger partial charge >= 0.3 is 12.0 Å². The molecule has 1 aliphatic carbocycles. The fraction of sp³-hybridized carbons (Fsp3) is 0.333. The van der Waals surface area contributed by atoms with Gasteiger partial charge in [0.2, 0.25) is 0 Å². The minimum Gasteiger partial charge on any atom is -0.459 e. The van der Waals surface area contributed by atoms with Crippen molar-refractivity contribution in [2.75, 3.05) is 26.7 Å². The van der Waals surface area contributed by atoms with Gasteiger partial charge in [-0.1, -0.05) is 83.9 Å². The van der Waals surface area contributed by atoms with Crippen molar-refractivity contribution in [1.29, 1.82) is 0 Å². The van der Waals surface area contributed by atoms with Crippen molar-refractivity contribution in [3.8, 4) is 0 Å². The van der Waals surface area contributed by atoms with Crippen molar-refractivity contribution < 1.29 is 23.9 Å². The quantitative estimate of drug-likeness (QED) is 0.285. The van der Waals surface area contributed by atoms with Crippen LogP contribution in [0, 0.1) is 5.92 Å². The van der Waals surface area contributed by atoms with Gasteiger partial charge in [-0.25, -0.2) is 9.59 Å². The van der Waals surface area contributed by atoms with E-state index in [-0.39, 0.29) is 34.7 Å². The third kappa shape index (κ3) is 7.70. The average Bonchev–Trinajstić information content (AvgIpc) is 3.84. The van der Waals surface area contributed by atoms with Gasteiger partial charge in [0.05, 0.1) is 22.2 Å². The van der Waals surface area contributed by atoms with Crippen LogP contribution in [0.5, 0.6) is 0 Å². The summed E-state index contributed by atoms with van der Waals surface area (Å²) in [7, 11) is 1.63. The molecule has 230 valence electrons. The van der Waals surface area contributed by atoms with Crippen LogP contribution < -0.4 is 10.6 Å². The smallest absolute Gasteiger partial charge is 0.330 e. The molecule has 2 N–H and O–H groups in total. The largest absolute Gasteiger partial charge is 0.459 e. The molecule has 5 rings (SSSR count). The van der Waals surface area contributed by atoms with Crippen molar-refractivity contribution in [2.24, 2.45) is 5.92 Å². The monoisotopic (exact) mass is 636 g/mol. The van der Waals surface area contributed by atoms with Crippen molar-refractivity contribution in [1.82, 2.24) is 20.4 Å². The van der Waals surface area contributed by atoms with Crippen molar-refractivity contribution >= 4 is 47.0 Å². The van der Waals surface area contributed by atoms with E-state index in [4.69, 9.17) is 27.9 Å². The van der Waals surface area contributed by atoms with Gasteiger partial charge in [0.25, 0.3) is 11.8 Å². The maximum absolute atomic E-state index is 13.6. The lowest BCUT2D eigenvalue weighted by atomic mass is 9.95. The Bertz CT molecular complexity index is 1530. The number of benzene rings is 3. The van der Waals surface area contributed by atoms with Crippen LogP contribution in [0.1, 0.15) is 50.2 Å². The van der Waals surface area contributed by atoms with Gasteiger partial charge in [-0.2, -0.15) is 0 Å². The van der Waals surface area contributed by atoms with Gasteiger partial charge in [0.15, 0.2) is 0 Å². The van der Waals surface area contributed by atoms with E-state index >= 15 is 0 Å². The summed E-state index contributed by atoms with van der Waals surface area (Å²) in [6.07, 6.45) is 2.72. The lowest BCUT2D eigenvalue weighted by Gasteiger charge is -2.30. The summed E-state index contributed by atoms with van der Waals surface area (Å²) in [5, 5.41) is 5.42. The van der Waals surface area contributed by atoms with Gasteiger partial charge < -0.3 is 25.2 Å². The first kappa shape index (κ1) is 31.3. The van der Waals surface area contributed by atoms with E-state index in [0.717, 1.165) is 24.0 Å². The highest BCUT2D eigenvalue weighted by molar-refractivity contribution is 6.41. The van der Waals surface area contributed by atoms with Crippen LogP contribution in [0.15, 0.2) is 66.7 Å². The molecule has 3 aromatic rings. The number of nitrogens with zero attached hydrogens (tertiary/aromatic N) is 2. The summed E-state index contributed by atoms with van der Waals surface area (Å²) < 4.78 is 5.49. The molecule has 0 aromatic heterocycles. The third-order valence-electron chi connectivity index (χ3n) is 7.75. The zero-order chi connectivity index (χ0) is 31.2. The molecule has 1 aliphatic heterocycles. The minimum absolute atomic E-state index is 0.00379. The molecule has 1 heterocycles. The zero-order valence-electron chi connectivity index (χ0n) is 24.4. The molecular formula is C33H34Cl2N4O5. The number of hydrogen-bond donors (Lipinski definition) is 2. The average molecular weight is 638 g/mol. The SMILES string of the molecule is CN(Cc1ccccc1)C(=O)NC[C@H](NC(=O)c1c(Cl)cc2c(c1Cl)CCN(CC1CC1)C2=O)C(=O)OCc1ccccc1. The Morgan fingerprint density at radius 1 is 1.02 bits per heavy atom. The molecule has 0 saturated heterocycles. The fourth-order valence-electron chi connectivity index (χ4n) is 5.11. The van der Waals surface area contributed by atoms with Crippen LogP contribution in [0.25, 0.3) is 0 Å². The van der Waals surface area contributed by atoms with Crippen LogP contribution in [0.2, 0.25) is 10.0 Å². The summed E-state index contributed by atoms with van der Waals surface area (Å²) in [4.78, 5) is 56.1. The van der Waals surface area contributed by atoms with Crippen molar-refractivity contribution in [3.05, 3.63) is 105 Å². The number of hydrogen-bond acceptors (Lipinski definition) is 5. The summed E-state index contributed by atoms with van der Waals surface area (Å²) in [6.45, 7) is 1.29. The molecule has 0 bridgehead atoms. The molecule has 4 amide bonds. The van der Waals surface area contributed by atoms with Crippen LogP contribution in [-0.2, 0) is 29.1 Å². The maximum atomic E-state index is 13.6. The number of halogens is 2. The van der Waals surface area contributed by atoms with Gasteiger partial charge in [0.1, 0.15) is 12.6 Å². The summed E-state index contributed by atoms with van der Waals surface area (Å²) in [5.74, 6) is -1.08. The molecule has 2 aliphatic rings. The van der Waals surface area contributed by atoms with E-state index < -0.39 is 23.9 Å². The molecule has 9 nitrogen and oxygen atoms in total. The van der Waals surface area contributed by atoms with Crippen LogP contribution >= 0.6 is 23.2 Å². The van der Waals surface area contributed by atoms with E-state index in [1.807, 2.05) is 53.4 Å². The third-order valence-corrected chi connectivity index (χ3v) is 8.47. The number of nitrogens with one attached hydrogen (secondary N) is 2. The number of ether oxygens (including phenoxy) is 1. The topological polar surface area (TPSA) is 108 Å². The molecule has 1 atom stereocenters. The molecular weight excluding hydrogens is 603 g/mol. The molecule has 1 fully saturated rings. The first-order valence-corrected chi connectivity index (χ1v) is 15.3. The molecule has 0 unspecified atom stereocenters. The second-order valence-electron chi connectivity index (χ2n) is 11.2. The number of amides is 4. The number of carbonyl (C=O) groups excluding carboxylic acids is 4. The van der Waals surface area contributed by atoms with Crippen molar-refractivity contribution in [2.45, 2.75) is 38.5 Å². The van der Waals surface area contributed by atoms with E-state index in [2.05, 4.69) is 10.6 Å². The van der Waals surface area contributed by atoms with E-state index in [0.29, 0.717) is 43.1 Å². The maximum Gasteiger partial charge on any atom is 0.330 e. The second-order valence-corrected chi connectivity index (χ2v) is 12.0. The van der Waals surface area contributed by atoms with Crippen molar-refractivity contribution in [3.63, 3.8) is 0 Å².